The van der Waals surface area contributed by atoms with Crippen molar-refractivity contribution in [2.24, 2.45) is 0 Å². The Hall–Kier alpha value is -2.12. The lowest BCUT2D eigenvalue weighted by atomic mass is 10.2. The molecule has 4 rings (SSSR count). The summed E-state index contributed by atoms with van der Waals surface area (Å²) in [6, 6.07) is 15.4. The van der Waals surface area contributed by atoms with Gasteiger partial charge in [-0.3, -0.25) is 4.57 Å². The molecule has 4 nitrogen and oxygen atoms in total. The maximum absolute atomic E-state index is 6.35. The summed E-state index contributed by atoms with van der Waals surface area (Å²) >= 11 is 15.8. The number of aromatic nitrogens is 4. The van der Waals surface area contributed by atoms with Gasteiger partial charge in [0.25, 0.3) is 0 Å². The Bertz CT molecular complexity index is 1150. The van der Waals surface area contributed by atoms with Crippen molar-refractivity contribution in [3.63, 3.8) is 0 Å². The molecule has 0 aliphatic heterocycles. The molecule has 0 aliphatic rings. The SMILES string of the molecule is C=CCn1c(SCc2csc(-c3ccccc3Cl)n2)nnc1-c1ccccc1Cl. The molecule has 2 heterocycles. The Kier molecular flexibility index (Phi) is 6.35. The van der Waals surface area contributed by atoms with E-state index in [1.807, 2.05) is 59.2 Å². The first-order chi connectivity index (χ1) is 14.2. The van der Waals surface area contributed by atoms with Crippen LogP contribution < -0.4 is 0 Å². The van der Waals surface area contributed by atoms with Crippen LogP contribution in [-0.4, -0.2) is 19.7 Å². The van der Waals surface area contributed by atoms with Crippen LogP contribution >= 0.6 is 46.3 Å². The maximum Gasteiger partial charge on any atom is 0.192 e. The Morgan fingerprint density at radius 3 is 2.38 bits per heavy atom. The minimum atomic E-state index is 0.595. The van der Waals surface area contributed by atoms with Crippen molar-refractivity contribution in [1.29, 1.82) is 0 Å². The average molecular weight is 459 g/mol. The van der Waals surface area contributed by atoms with Gasteiger partial charge in [-0.25, -0.2) is 4.98 Å². The monoisotopic (exact) mass is 458 g/mol. The molecule has 0 radical (unpaired) electrons. The second-order valence-corrected chi connectivity index (χ2v) is 8.71. The zero-order valence-corrected chi connectivity index (χ0v) is 18.4. The van der Waals surface area contributed by atoms with Crippen LogP contribution in [0.15, 0.2) is 71.7 Å². The molecule has 4 aromatic rings. The van der Waals surface area contributed by atoms with Gasteiger partial charge < -0.3 is 0 Å². The smallest absolute Gasteiger partial charge is 0.192 e. The lowest BCUT2D eigenvalue weighted by molar-refractivity contribution is 0.731. The number of hydrogen-bond acceptors (Lipinski definition) is 5. The van der Waals surface area contributed by atoms with Crippen LogP contribution in [0.25, 0.3) is 22.0 Å². The van der Waals surface area contributed by atoms with E-state index in [2.05, 4.69) is 22.2 Å². The maximum atomic E-state index is 6.35. The van der Waals surface area contributed by atoms with Crippen LogP contribution in [0.5, 0.6) is 0 Å². The predicted octanol–water partition coefficient (Wildman–Crippen LogP) is 6.85. The normalized spacial score (nSPS) is 11.0. The summed E-state index contributed by atoms with van der Waals surface area (Å²) in [4.78, 5) is 4.73. The summed E-state index contributed by atoms with van der Waals surface area (Å²) in [6.07, 6.45) is 1.83. The predicted molar refractivity (Wildman–Crippen MR) is 123 cm³/mol. The van der Waals surface area contributed by atoms with E-state index in [1.54, 1.807) is 23.1 Å². The Balaban J connectivity index is 1.56. The van der Waals surface area contributed by atoms with E-state index in [9.17, 15) is 0 Å². The fourth-order valence-corrected chi connectivity index (χ4v) is 5.11. The molecule has 0 atom stereocenters. The van der Waals surface area contributed by atoms with Crippen LogP contribution in [-0.2, 0) is 12.3 Å². The number of thioether (sulfide) groups is 1. The van der Waals surface area contributed by atoms with Gasteiger partial charge in [0.05, 0.1) is 15.7 Å². The summed E-state index contributed by atoms with van der Waals surface area (Å²) in [7, 11) is 0. The summed E-state index contributed by atoms with van der Waals surface area (Å²) in [5, 5.41) is 13.8. The van der Waals surface area contributed by atoms with E-state index in [-0.39, 0.29) is 0 Å². The summed E-state index contributed by atoms with van der Waals surface area (Å²) in [5.74, 6) is 1.41. The number of allylic oxidation sites excluding steroid dienone is 1. The molecular weight excluding hydrogens is 443 g/mol. The lowest BCUT2D eigenvalue weighted by Crippen LogP contribution is -2.01. The lowest BCUT2D eigenvalue weighted by Gasteiger charge is -2.08. The Labute approximate surface area is 187 Å². The highest BCUT2D eigenvalue weighted by molar-refractivity contribution is 7.98. The van der Waals surface area contributed by atoms with Crippen LogP contribution in [0, 0.1) is 0 Å². The molecule has 0 amide bonds. The fourth-order valence-electron chi connectivity index (χ4n) is 2.80. The van der Waals surface area contributed by atoms with E-state index in [0.29, 0.717) is 22.3 Å². The number of benzene rings is 2. The molecule has 0 aliphatic carbocycles. The van der Waals surface area contributed by atoms with Gasteiger partial charge in [0.2, 0.25) is 0 Å². The Morgan fingerprint density at radius 1 is 1.00 bits per heavy atom. The number of halogens is 2. The molecule has 0 fully saturated rings. The van der Waals surface area contributed by atoms with E-state index < -0.39 is 0 Å². The molecule has 0 N–H and O–H groups in total. The van der Waals surface area contributed by atoms with Crippen molar-refractivity contribution in [3.8, 4) is 22.0 Å². The van der Waals surface area contributed by atoms with Crippen molar-refractivity contribution in [2.75, 3.05) is 0 Å². The third-order valence-electron chi connectivity index (χ3n) is 4.15. The van der Waals surface area contributed by atoms with Crippen LogP contribution in [0.2, 0.25) is 10.0 Å². The standard InChI is InChI=1S/C21H16Cl2N4S2/c1-2-11-27-19(15-7-3-5-9-17(15)22)25-26-21(27)29-13-14-12-28-20(24-14)16-8-4-6-10-18(16)23/h2-10,12H,1,11,13H2. The molecule has 2 aromatic heterocycles. The third kappa shape index (κ3) is 4.41. The average Bonchev–Trinajstić information content (AvgIpc) is 3.35. The van der Waals surface area contributed by atoms with Crippen molar-refractivity contribution in [2.45, 2.75) is 17.5 Å². The summed E-state index contributed by atoms with van der Waals surface area (Å²) < 4.78 is 2.01. The van der Waals surface area contributed by atoms with Crippen LogP contribution in [0.1, 0.15) is 5.69 Å². The molecule has 0 saturated heterocycles. The number of rotatable bonds is 7. The first kappa shape index (κ1) is 20.2. The number of thiazole rings is 1. The second-order valence-electron chi connectivity index (χ2n) is 6.10. The van der Waals surface area contributed by atoms with Gasteiger partial charge in [0, 0.05) is 28.8 Å². The molecule has 2 aromatic carbocycles. The van der Waals surface area contributed by atoms with Crippen LogP contribution in [0.4, 0.5) is 0 Å². The van der Waals surface area contributed by atoms with Gasteiger partial charge in [-0.1, -0.05) is 71.4 Å². The van der Waals surface area contributed by atoms with Crippen molar-refractivity contribution in [1.82, 2.24) is 19.7 Å². The fraction of sp³-hybridized carbons (Fsp3) is 0.0952. The van der Waals surface area contributed by atoms with Gasteiger partial charge >= 0.3 is 0 Å². The topological polar surface area (TPSA) is 43.6 Å². The minimum absolute atomic E-state index is 0.595. The van der Waals surface area contributed by atoms with Crippen molar-refractivity contribution < 1.29 is 0 Å². The van der Waals surface area contributed by atoms with Gasteiger partial charge in [-0.05, 0) is 18.2 Å². The number of nitrogens with zero attached hydrogens (tertiary/aromatic N) is 4. The molecular formula is C21H16Cl2N4S2. The van der Waals surface area contributed by atoms with Crippen LogP contribution in [0.3, 0.4) is 0 Å². The van der Waals surface area contributed by atoms with E-state index in [1.165, 1.54) is 0 Å². The van der Waals surface area contributed by atoms with E-state index in [0.717, 1.165) is 32.8 Å². The molecule has 0 saturated carbocycles. The summed E-state index contributed by atoms with van der Waals surface area (Å²) in [5.41, 5.74) is 2.78. The van der Waals surface area contributed by atoms with Crippen molar-refractivity contribution >= 4 is 46.3 Å². The van der Waals surface area contributed by atoms with Gasteiger partial charge in [-0.2, -0.15) is 0 Å². The first-order valence-electron chi connectivity index (χ1n) is 8.78. The molecule has 0 unspecified atom stereocenters. The van der Waals surface area contributed by atoms with Crippen molar-refractivity contribution in [3.05, 3.63) is 82.3 Å². The van der Waals surface area contributed by atoms with Gasteiger partial charge in [-0.15, -0.1) is 28.1 Å². The summed E-state index contributed by atoms with van der Waals surface area (Å²) in [6.45, 7) is 4.45. The molecule has 29 heavy (non-hydrogen) atoms. The second kappa shape index (κ2) is 9.13. The third-order valence-corrected chi connectivity index (χ3v) is 6.73. The molecule has 0 spiro atoms. The van der Waals surface area contributed by atoms with Gasteiger partial charge in [0.1, 0.15) is 5.01 Å². The van der Waals surface area contributed by atoms with E-state index >= 15 is 0 Å². The highest BCUT2D eigenvalue weighted by Crippen LogP contribution is 2.33. The zero-order valence-electron chi connectivity index (χ0n) is 15.3. The largest absolute Gasteiger partial charge is 0.298 e. The highest BCUT2D eigenvalue weighted by Gasteiger charge is 2.16. The first-order valence-corrected chi connectivity index (χ1v) is 11.4. The minimum Gasteiger partial charge on any atom is -0.298 e. The molecule has 0 bridgehead atoms. The zero-order chi connectivity index (χ0) is 20.2. The Morgan fingerprint density at radius 2 is 1.69 bits per heavy atom. The number of hydrogen-bond donors (Lipinski definition) is 0. The molecule has 8 heteroatoms. The molecule has 146 valence electrons. The highest BCUT2D eigenvalue weighted by atomic mass is 35.5. The van der Waals surface area contributed by atoms with Gasteiger partial charge in [0.15, 0.2) is 11.0 Å². The quantitative estimate of drug-likeness (QED) is 0.224. The van der Waals surface area contributed by atoms with E-state index in [4.69, 9.17) is 28.2 Å².